The Morgan fingerprint density at radius 1 is 1.43 bits per heavy atom. The van der Waals surface area contributed by atoms with E-state index in [0.29, 0.717) is 12.2 Å². The molecular weight excluding hydrogens is 182 g/mol. The second-order valence-corrected chi connectivity index (χ2v) is 3.46. The van der Waals surface area contributed by atoms with Crippen LogP contribution in [0.25, 0.3) is 0 Å². The number of carbonyl (C=O) groups excluding carboxylic acids is 1. The maximum atomic E-state index is 10.3. The zero-order chi connectivity index (χ0) is 9.80. The molecule has 1 aliphatic rings. The molecule has 76 valence electrons. The number of aromatic nitrogens is 2. The number of likely N-dealkylation sites (tertiary alicyclic amines) is 1. The third-order valence-electron chi connectivity index (χ3n) is 2.43. The van der Waals surface area contributed by atoms with Crippen LogP contribution >= 0.6 is 0 Å². The zero-order valence-electron chi connectivity index (χ0n) is 7.98. The molecule has 5 nitrogen and oxygen atoms in total. The van der Waals surface area contributed by atoms with Crippen LogP contribution in [0.3, 0.4) is 0 Å². The molecule has 2 heterocycles. The van der Waals surface area contributed by atoms with Gasteiger partial charge in [0, 0.05) is 13.0 Å². The van der Waals surface area contributed by atoms with Gasteiger partial charge < -0.3 is 9.42 Å². The van der Waals surface area contributed by atoms with Crippen molar-refractivity contribution >= 4 is 6.29 Å². The SMILES string of the molecule is O=Cc1noc(CCN2CCCC2)n1. The highest BCUT2D eigenvalue weighted by Gasteiger charge is 2.13. The smallest absolute Gasteiger partial charge is 0.235 e. The summed E-state index contributed by atoms with van der Waals surface area (Å²) in [5.74, 6) is 0.695. The fourth-order valence-electron chi connectivity index (χ4n) is 1.68. The summed E-state index contributed by atoms with van der Waals surface area (Å²) in [5.41, 5.74) is 0. The highest BCUT2D eigenvalue weighted by molar-refractivity contribution is 5.68. The lowest BCUT2D eigenvalue weighted by molar-refractivity contribution is 0.111. The van der Waals surface area contributed by atoms with Gasteiger partial charge in [-0.1, -0.05) is 5.16 Å². The van der Waals surface area contributed by atoms with Gasteiger partial charge in [0.25, 0.3) is 0 Å². The number of carbonyl (C=O) groups is 1. The molecule has 0 unspecified atom stereocenters. The standard InChI is InChI=1S/C9H13N3O2/c13-7-8-10-9(14-11-8)3-6-12-4-1-2-5-12/h7H,1-6H2. The van der Waals surface area contributed by atoms with Gasteiger partial charge in [-0.05, 0) is 25.9 Å². The summed E-state index contributed by atoms with van der Waals surface area (Å²) < 4.78 is 4.90. The van der Waals surface area contributed by atoms with Crippen LogP contribution in [0.2, 0.25) is 0 Å². The van der Waals surface area contributed by atoms with E-state index >= 15 is 0 Å². The Hall–Kier alpha value is -1.23. The highest BCUT2D eigenvalue weighted by Crippen LogP contribution is 2.08. The molecule has 0 N–H and O–H groups in total. The number of hydrogen-bond donors (Lipinski definition) is 0. The van der Waals surface area contributed by atoms with Crippen LogP contribution in [0.5, 0.6) is 0 Å². The lowest BCUT2D eigenvalue weighted by atomic mass is 10.4. The predicted molar refractivity (Wildman–Crippen MR) is 49.1 cm³/mol. The first-order valence-electron chi connectivity index (χ1n) is 4.88. The maximum absolute atomic E-state index is 10.3. The van der Waals surface area contributed by atoms with Gasteiger partial charge >= 0.3 is 0 Å². The molecule has 5 heteroatoms. The van der Waals surface area contributed by atoms with Crippen molar-refractivity contribution in [3.63, 3.8) is 0 Å². The van der Waals surface area contributed by atoms with E-state index in [9.17, 15) is 4.79 Å². The monoisotopic (exact) mass is 195 g/mol. The maximum Gasteiger partial charge on any atom is 0.235 e. The molecule has 2 rings (SSSR count). The number of aldehydes is 1. The molecule has 0 aromatic carbocycles. The number of rotatable bonds is 4. The lowest BCUT2D eigenvalue weighted by Gasteiger charge is -2.11. The van der Waals surface area contributed by atoms with Crippen LogP contribution in [-0.2, 0) is 6.42 Å². The third-order valence-corrected chi connectivity index (χ3v) is 2.43. The quantitative estimate of drug-likeness (QED) is 0.655. The average molecular weight is 195 g/mol. The van der Waals surface area contributed by atoms with Crippen LogP contribution in [0, 0.1) is 0 Å². The molecule has 0 saturated carbocycles. The van der Waals surface area contributed by atoms with E-state index in [1.807, 2.05) is 0 Å². The highest BCUT2D eigenvalue weighted by atomic mass is 16.5. The van der Waals surface area contributed by atoms with E-state index in [1.54, 1.807) is 0 Å². The molecule has 14 heavy (non-hydrogen) atoms. The first-order valence-corrected chi connectivity index (χ1v) is 4.88. The zero-order valence-corrected chi connectivity index (χ0v) is 7.98. The topological polar surface area (TPSA) is 59.2 Å². The van der Waals surface area contributed by atoms with E-state index in [-0.39, 0.29) is 5.82 Å². The van der Waals surface area contributed by atoms with E-state index in [2.05, 4.69) is 15.0 Å². The first kappa shape index (κ1) is 9.33. The van der Waals surface area contributed by atoms with Gasteiger partial charge in [-0.2, -0.15) is 4.98 Å². The van der Waals surface area contributed by atoms with Gasteiger partial charge in [-0.3, -0.25) is 4.79 Å². The van der Waals surface area contributed by atoms with Crippen LogP contribution in [0.1, 0.15) is 29.4 Å². The fraction of sp³-hybridized carbons (Fsp3) is 0.667. The molecule has 0 aliphatic carbocycles. The molecule has 0 amide bonds. The second-order valence-electron chi connectivity index (χ2n) is 3.46. The minimum atomic E-state index is 0.140. The summed E-state index contributed by atoms with van der Waals surface area (Å²) >= 11 is 0. The Kier molecular flexibility index (Phi) is 2.88. The van der Waals surface area contributed by atoms with Crippen molar-refractivity contribution in [1.82, 2.24) is 15.0 Å². The molecule has 0 radical (unpaired) electrons. The van der Waals surface area contributed by atoms with Crippen molar-refractivity contribution in [1.29, 1.82) is 0 Å². The van der Waals surface area contributed by atoms with Gasteiger partial charge in [-0.25, -0.2) is 0 Å². The molecule has 1 fully saturated rings. The molecule has 0 atom stereocenters. The number of hydrogen-bond acceptors (Lipinski definition) is 5. The Bertz CT molecular complexity index is 305. The summed E-state index contributed by atoms with van der Waals surface area (Å²) in [6, 6.07) is 0. The molecule has 0 bridgehead atoms. The molecule has 1 saturated heterocycles. The van der Waals surface area contributed by atoms with Crippen LogP contribution in [0.15, 0.2) is 4.52 Å². The Balaban J connectivity index is 1.81. The molecule has 1 aromatic heterocycles. The minimum Gasteiger partial charge on any atom is -0.339 e. The van der Waals surface area contributed by atoms with E-state index in [1.165, 1.54) is 12.8 Å². The van der Waals surface area contributed by atoms with Crippen LogP contribution < -0.4 is 0 Å². The van der Waals surface area contributed by atoms with Gasteiger partial charge in [0.2, 0.25) is 11.7 Å². The molecule has 0 spiro atoms. The average Bonchev–Trinajstić information content (AvgIpc) is 2.86. The van der Waals surface area contributed by atoms with E-state index in [4.69, 9.17) is 4.52 Å². The van der Waals surface area contributed by atoms with Gasteiger partial charge in [0.15, 0.2) is 6.29 Å². The Morgan fingerprint density at radius 2 is 2.21 bits per heavy atom. The normalized spacial score (nSPS) is 17.4. The van der Waals surface area contributed by atoms with Crippen molar-refractivity contribution in [2.45, 2.75) is 19.3 Å². The summed E-state index contributed by atoms with van der Waals surface area (Å²) in [7, 11) is 0. The van der Waals surface area contributed by atoms with Crippen molar-refractivity contribution in [2.24, 2.45) is 0 Å². The van der Waals surface area contributed by atoms with Crippen molar-refractivity contribution in [2.75, 3.05) is 19.6 Å². The second kappa shape index (κ2) is 4.32. The molecule has 1 aliphatic heterocycles. The minimum absolute atomic E-state index is 0.140. The lowest BCUT2D eigenvalue weighted by Crippen LogP contribution is -2.22. The Labute approximate surface area is 82.1 Å². The van der Waals surface area contributed by atoms with Gasteiger partial charge in [0.05, 0.1) is 0 Å². The molecule has 1 aromatic rings. The fourth-order valence-corrected chi connectivity index (χ4v) is 1.68. The first-order chi connectivity index (χ1) is 6.88. The van der Waals surface area contributed by atoms with Gasteiger partial charge in [-0.15, -0.1) is 0 Å². The summed E-state index contributed by atoms with van der Waals surface area (Å²) in [6.45, 7) is 3.27. The van der Waals surface area contributed by atoms with Crippen molar-refractivity contribution in [3.8, 4) is 0 Å². The van der Waals surface area contributed by atoms with E-state index in [0.717, 1.165) is 26.1 Å². The third kappa shape index (κ3) is 2.17. The van der Waals surface area contributed by atoms with E-state index < -0.39 is 0 Å². The summed E-state index contributed by atoms with van der Waals surface area (Å²) in [4.78, 5) is 16.6. The summed E-state index contributed by atoms with van der Waals surface area (Å²) in [6.07, 6.45) is 3.90. The summed E-state index contributed by atoms with van der Waals surface area (Å²) in [5, 5.41) is 3.51. The Morgan fingerprint density at radius 3 is 2.86 bits per heavy atom. The van der Waals surface area contributed by atoms with Gasteiger partial charge in [0.1, 0.15) is 0 Å². The predicted octanol–water partition coefficient (Wildman–Crippen LogP) is 0.520. The largest absolute Gasteiger partial charge is 0.339 e. The number of nitrogens with zero attached hydrogens (tertiary/aromatic N) is 3. The van der Waals surface area contributed by atoms with Crippen LogP contribution in [0.4, 0.5) is 0 Å². The van der Waals surface area contributed by atoms with Crippen molar-refractivity contribution in [3.05, 3.63) is 11.7 Å². The molecular formula is C9H13N3O2. The van der Waals surface area contributed by atoms with Crippen LogP contribution in [-0.4, -0.2) is 41.0 Å². The van der Waals surface area contributed by atoms with Crippen molar-refractivity contribution < 1.29 is 9.32 Å².